The number of benzene rings is 1. The normalized spacial score (nSPS) is 9.93. The number of aromatic nitrogens is 2. The molecule has 1 aromatic heterocycles. The molecule has 0 unspecified atom stereocenters. The molecule has 0 atom stereocenters. The number of carbonyl (C=O) groups excluding carboxylic acids is 1. The molecule has 68 valence electrons. The summed E-state index contributed by atoms with van der Waals surface area (Å²) in [5, 5.41) is 7.54. The summed E-state index contributed by atoms with van der Waals surface area (Å²) in [5.41, 5.74) is 1.46. The van der Waals surface area contributed by atoms with Gasteiger partial charge in [-0.25, -0.2) is 6.57 Å². The number of Topliss-reactive ketones (excluding diaryl/α,β-unsaturated/α-hetero) is 1. The fourth-order valence-electron chi connectivity index (χ4n) is 1.28. The second-order valence-electron chi connectivity index (χ2n) is 2.91. The van der Waals surface area contributed by atoms with Gasteiger partial charge in [-0.1, -0.05) is 0 Å². The maximum absolute atomic E-state index is 11.4. The molecule has 0 aliphatic carbocycles. The van der Waals surface area contributed by atoms with Crippen LogP contribution in [0.2, 0.25) is 0 Å². The number of hydrogen-bond donors (Lipinski definition) is 1. The number of aromatic amines is 1. The zero-order valence-electron chi connectivity index (χ0n) is 7.32. The Morgan fingerprint density at radius 1 is 1.57 bits per heavy atom. The van der Waals surface area contributed by atoms with Crippen LogP contribution in [0.5, 0.6) is 0 Å². The minimum Gasteiger partial charge on any atom is -0.308 e. The monoisotopic (exact) mass is 185 g/mol. The average Bonchev–Trinajstić information content (AvgIpc) is 2.64. The largest absolute Gasteiger partial charge is 0.308 e. The molecule has 2 rings (SSSR count). The van der Waals surface area contributed by atoms with Crippen LogP contribution in [0.4, 0.5) is 0 Å². The second kappa shape index (κ2) is 3.30. The Morgan fingerprint density at radius 2 is 2.43 bits per heavy atom. The number of nitrogens with one attached hydrogen (secondary N) is 1. The van der Waals surface area contributed by atoms with Gasteiger partial charge in [0.1, 0.15) is 0 Å². The molecule has 0 spiro atoms. The lowest BCUT2D eigenvalue weighted by Gasteiger charge is -1.94. The highest BCUT2D eigenvalue weighted by atomic mass is 16.1. The topological polar surface area (TPSA) is 50.1 Å². The molecule has 0 amide bonds. The van der Waals surface area contributed by atoms with Gasteiger partial charge in [-0.15, -0.1) is 0 Å². The lowest BCUT2D eigenvalue weighted by Crippen LogP contribution is -2.00. The van der Waals surface area contributed by atoms with Gasteiger partial charge in [0.2, 0.25) is 5.78 Å². The SMILES string of the molecule is [C-]#[N+]CC(=O)c1ccc2[nH]ncc2c1. The van der Waals surface area contributed by atoms with Crippen molar-refractivity contribution in [3.63, 3.8) is 0 Å². The Labute approximate surface area is 80.4 Å². The maximum atomic E-state index is 11.4. The molecule has 14 heavy (non-hydrogen) atoms. The van der Waals surface area contributed by atoms with E-state index in [-0.39, 0.29) is 12.3 Å². The van der Waals surface area contributed by atoms with Gasteiger partial charge in [0.05, 0.1) is 11.7 Å². The van der Waals surface area contributed by atoms with E-state index in [1.165, 1.54) is 0 Å². The molecule has 2 aromatic rings. The van der Waals surface area contributed by atoms with Gasteiger partial charge in [0, 0.05) is 10.9 Å². The van der Waals surface area contributed by atoms with Crippen molar-refractivity contribution in [2.45, 2.75) is 0 Å². The lowest BCUT2D eigenvalue weighted by molar-refractivity contribution is 0.101. The second-order valence-corrected chi connectivity index (χ2v) is 2.91. The van der Waals surface area contributed by atoms with E-state index in [9.17, 15) is 4.79 Å². The average molecular weight is 185 g/mol. The van der Waals surface area contributed by atoms with Crippen LogP contribution in [0.1, 0.15) is 10.4 Å². The predicted octanol–water partition coefficient (Wildman–Crippen LogP) is 1.66. The van der Waals surface area contributed by atoms with Crippen LogP contribution in [0.3, 0.4) is 0 Å². The summed E-state index contributed by atoms with van der Waals surface area (Å²) in [7, 11) is 0. The zero-order chi connectivity index (χ0) is 9.97. The first-order valence-electron chi connectivity index (χ1n) is 4.11. The molecule has 4 heteroatoms. The molecule has 0 saturated heterocycles. The van der Waals surface area contributed by atoms with E-state index >= 15 is 0 Å². The van der Waals surface area contributed by atoms with Crippen LogP contribution in [0.15, 0.2) is 24.4 Å². The van der Waals surface area contributed by atoms with Crippen LogP contribution >= 0.6 is 0 Å². The lowest BCUT2D eigenvalue weighted by atomic mass is 10.1. The van der Waals surface area contributed by atoms with Crippen molar-refractivity contribution in [1.29, 1.82) is 0 Å². The minimum absolute atomic E-state index is 0.0939. The molecule has 0 bridgehead atoms. The number of fused-ring (bicyclic) bond motifs is 1. The molecule has 4 nitrogen and oxygen atoms in total. The van der Waals surface area contributed by atoms with E-state index in [1.54, 1.807) is 24.4 Å². The van der Waals surface area contributed by atoms with Crippen molar-refractivity contribution in [3.05, 3.63) is 41.4 Å². The Kier molecular flexibility index (Phi) is 1.99. The first-order chi connectivity index (χ1) is 6.81. The smallest absolute Gasteiger partial charge is 0.276 e. The maximum Gasteiger partial charge on any atom is 0.276 e. The molecular formula is C10H7N3O. The van der Waals surface area contributed by atoms with E-state index in [2.05, 4.69) is 15.0 Å². The highest BCUT2D eigenvalue weighted by molar-refractivity contribution is 6.01. The first-order valence-corrected chi connectivity index (χ1v) is 4.11. The highest BCUT2D eigenvalue weighted by Crippen LogP contribution is 2.13. The van der Waals surface area contributed by atoms with Gasteiger partial charge in [-0.2, -0.15) is 5.10 Å². The molecule has 0 radical (unpaired) electrons. The van der Waals surface area contributed by atoms with E-state index in [0.717, 1.165) is 10.9 Å². The summed E-state index contributed by atoms with van der Waals surface area (Å²) >= 11 is 0. The Balaban J connectivity index is 2.44. The minimum atomic E-state index is -0.150. The molecule has 1 N–H and O–H groups in total. The van der Waals surface area contributed by atoms with Gasteiger partial charge >= 0.3 is 0 Å². The van der Waals surface area contributed by atoms with Crippen molar-refractivity contribution < 1.29 is 4.79 Å². The third-order valence-electron chi connectivity index (χ3n) is 1.98. The number of ketones is 1. The molecule has 0 aliphatic rings. The predicted molar refractivity (Wildman–Crippen MR) is 51.9 cm³/mol. The van der Waals surface area contributed by atoms with Crippen LogP contribution in [-0.2, 0) is 0 Å². The van der Waals surface area contributed by atoms with Gasteiger partial charge < -0.3 is 4.85 Å². The number of H-pyrrole nitrogens is 1. The van der Waals surface area contributed by atoms with Crippen LogP contribution in [0.25, 0.3) is 15.7 Å². The van der Waals surface area contributed by atoms with E-state index < -0.39 is 0 Å². The first kappa shape index (κ1) is 8.45. The summed E-state index contributed by atoms with van der Waals surface area (Å²) < 4.78 is 0. The molecule has 1 heterocycles. The highest BCUT2D eigenvalue weighted by Gasteiger charge is 2.08. The van der Waals surface area contributed by atoms with Crippen LogP contribution < -0.4 is 0 Å². The van der Waals surface area contributed by atoms with Crippen molar-refractivity contribution in [1.82, 2.24) is 10.2 Å². The summed E-state index contributed by atoms with van der Waals surface area (Å²) in [6, 6.07) is 5.24. The van der Waals surface area contributed by atoms with Gasteiger partial charge in [0.15, 0.2) is 0 Å². The Hall–Kier alpha value is -2.15. The molecule has 0 saturated carbocycles. The number of carbonyl (C=O) groups is 1. The van der Waals surface area contributed by atoms with Gasteiger partial charge in [-0.3, -0.25) is 9.89 Å². The quantitative estimate of drug-likeness (QED) is 0.571. The Morgan fingerprint density at radius 3 is 3.21 bits per heavy atom. The summed E-state index contributed by atoms with van der Waals surface area (Å²) in [5.74, 6) is -0.150. The standard InChI is InChI=1S/C10H7N3O/c1-11-6-10(14)7-2-3-9-8(4-7)5-12-13-9/h2-5H,6H2,(H,12,13). The summed E-state index contributed by atoms with van der Waals surface area (Å²) in [6.07, 6.45) is 1.66. The van der Waals surface area contributed by atoms with Gasteiger partial charge in [0.25, 0.3) is 6.54 Å². The fourth-order valence-corrected chi connectivity index (χ4v) is 1.28. The van der Waals surface area contributed by atoms with Crippen LogP contribution in [-0.4, -0.2) is 22.5 Å². The molecule has 0 fully saturated rings. The Bertz CT molecular complexity index is 521. The van der Waals surface area contributed by atoms with E-state index in [0.29, 0.717) is 5.56 Å². The summed E-state index contributed by atoms with van der Waals surface area (Å²) in [6.45, 7) is 6.51. The molecule has 1 aromatic carbocycles. The fraction of sp³-hybridized carbons (Fsp3) is 0.100. The zero-order valence-corrected chi connectivity index (χ0v) is 7.32. The van der Waals surface area contributed by atoms with Crippen LogP contribution in [0, 0.1) is 6.57 Å². The van der Waals surface area contributed by atoms with E-state index in [1.807, 2.05) is 0 Å². The molecule has 0 aliphatic heterocycles. The summed E-state index contributed by atoms with van der Waals surface area (Å²) in [4.78, 5) is 14.4. The van der Waals surface area contributed by atoms with Crippen molar-refractivity contribution in [3.8, 4) is 0 Å². The van der Waals surface area contributed by atoms with E-state index in [4.69, 9.17) is 6.57 Å². The third-order valence-corrected chi connectivity index (χ3v) is 1.98. The number of nitrogens with zero attached hydrogens (tertiary/aromatic N) is 2. The number of hydrogen-bond acceptors (Lipinski definition) is 2. The molecular weight excluding hydrogens is 178 g/mol. The van der Waals surface area contributed by atoms with Crippen molar-refractivity contribution in [2.24, 2.45) is 0 Å². The van der Waals surface area contributed by atoms with Crippen molar-refractivity contribution in [2.75, 3.05) is 6.54 Å². The number of rotatable bonds is 2. The third kappa shape index (κ3) is 1.36. The van der Waals surface area contributed by atoms with Crippen molar-refractivity contribution >= 4 is 16.7 Å². The van der Waals surface area contributed by atoms with Gasteiger partial charge in [-0.05, 0) is 18.2 Å².